The van der Waals surface area contributed by atoms with E-state index in [1.165, 1.54) is 12.1 Å². The summed E-state index contributed by atoms with van der Waals surface area (Å²) in [5.41, 5.74) is 1.37. The predicted molar refractivity (Wildman–Crippen MR) is 85.3 cm³/mol. The molecule has 8 heteroatoms. The quantitative estimate of drug-likeness (QED) is 0.646. The van der Waals surface area contributed by atoms with Crippen molar-refractivity contribution in [1.82, 2.24) is 10.2 Å². The number of hydrogen-bond donors (Lipinski definition) is 1. The van der Waals surface area contributed by atoms with Gasteiger partial charge < -0.3 is 9.73 Å². The van der Waals surface area contributed by atoms with Crippen LogP contribution in [-0.2, 0) is 6.54 Å². The lowest BCUT2D eigenvalue weighted by Crippen LogP contribution is -1.99. The van der Waals surface area contributed by atoms with Crippen LogP contribution in [-0.4, -0.2) is 16.0 Å². The zero-order valence-electron chi connectivity index (χ0n) is 12.2. The molecule has 0 aliphatic carbocycles. The van der Waals surface area contributed by atoms with Gasteiger partial charge in [0.25, 0.3) is 5.76 Å². The Bertz CT molecular complexity index is 791. The standard InChI is InChI=1S/C16H12F3N3OS/c17-11-3-1-10(2-4-11)15-22-21-14(23-15)9-20-12-5-7-13(8-6-12)24-16(18)19/h1-8,16,20H,9H2. The SMILES string of the molecule is Fc1ccc(-c2nnc(CNc3ccc(SC(F)F)cc3)o2)cc1. The molecule has 0 amide bonds. The number of anilines is 1. The number of halogens is 3. The summed E-state index contributed by atoms with van der Waals surface area (Å²) in [6, 6.07) is 12.4. The minimum Gasteiger partial charge on any atom is -0.419 e. The largest absolute Gasteiger partial charge is 0.419 e. The highest BCUT2D eigenvalue weighted by molar-refractivity contribution is 7.99. The Balaban J connectivity index is 1.60. The molecule has 0 aliphatic heterocycles. The molecule has 4 nitrogen and oxygen atoms in total. The van der Waals surface area contributed by atoms with E-state index in [2.05, 4.69) is 15.5 Å². The molecule has 0 fully saturated rings. The second-order valence-corrected chi connectivity index (χ2v) is 5.83. The normalized spacial score (nSPS) is 11.0. The van der Waals surface area contributed by atoms with Crippen LogP contribution in [0.4, 0.5) is 18.9 Å². The van der Waals surface area contributed by atoms with Gasteiger partial charge in [-0.25, -0.2) is 4.39 Å². The van der Waals surface area contributed by atoms with Crippen LogP contribution < -0.4 is 5.32 Å². The lowest BCUT2D eigenvalue weighted by atomic mass is 10.2. The van der Waals surface area contributed by atoms with Gasteiger partial charge in [0, 0.05) is 16.1 Å². The van der Waals surface area contributed by atoms with Crippen LogP contribution >= 0.6 is 11.8 Å². The van der Waals surface area contributed by atoms with Crippen LogP contribution in [0.15, 0.2) is 57.8 Å². The van der Waals surface area contributed by atoms with Crippen molar-refractivity contribution in [2.75, 3.05) is 5.32 Å². The average Bonchev–Trinajstić information content (AvgIpc) is 3.03. The number of benzene rings is 2. The summed E-state index contributed by atoms with van der Waals surface area (Å²) >= 11 is 0.495. The summed E-state index contributed by atoms with van der Waals surface area (Å²) in [5.74, 6) is -2.11. The highest BCUT2D eigenvalue weighted by Gasteiger charge is 2.09. The summed E-state index contributed by atoms with van der Waals surface area (Å²) in [7, 11) is 0. The number of nitrogens with zero attached hydrogens (tertiary/aromatic N) is 2. The van der Waals surface area contributed by atoms with Gasteiger partial charge in [-0.15, -0.1) is 10.2 Å². The molecule has 2 aromatic carbocycles. The Morgan fingerprint density at radius 2 is 1.71 bits per heavy atom. The fourth-order valence-corrected chi connectivity index (χ4v) is 2.47. The maximum Gasteiger partial charge on any atom is 0.288 e. The van der Waals surface area contributed by atoms with E-state index in [9.17, 15) is 13.2 Å². The van der Waals surface area contributed by atoms with Gasteiger partial charge in [-0.2, -0.15) is 8.78 Å². The molecule has 3 aromatic rings. The summed E-state index contributed by atoms with van der Waals surface area (Å²) in [6.07, 6.45) is 0. The zero-order valence-corrected chi connectivity index (χ0v) is 13.1. The number of nitrogens with one attached hydrogen (secondary N) is 1. The lowest BCUT2D eigenvalue weighted by Gasteiger charge is -2.05. The van der Waals surface area contributed by atoms with Crippen LogP contribution in [0, 0.1) is 5.82 Å². The summed E-state index contributed by atoms with van der Waals surface area (Å²) in [4.78, 5) is 0.493. The summed E-state index contributed by atoms with van der Waals surface area (Å²) in [5, 5.41) is 10.9. The molecule has 24 heavy (non-hydrogen) atoms. The van der Waals surface area contributed by atoms with E-state index < -0.39 is 5.76 Å². The number of rotatable bonds is 6. The van der Waals surface area contributed by atoms with Crippen molar-refractivity contribution < 1.29 is 17.6 Å². The number of alkyl halides is 2. The molecule has 3 rings (SSSR count). The van der Waals surface area contributed by atoms with Crippen molar-refractivity contribution in [2.45, 2.75) is 17.2 Å². The molecule has 1 aromatic heterocycles. The van der Waals surface area contributed by atoms with Crippen LogP contribution in [0.2, 0.25) is 0 Å². The highest BCUT2D eigenvalue weighted by Crippen LogP contribution is 2.26. The van der Waals surface area contributed by atoms with Crippen LogP contribution in [0.25, 0.3) is 11.5 Å². The highest BCUT2D eigenvalue weighted by atomic mass is 32.2. The predicted octanol–water partition coefficient (Wildman–Crippen LogP) is 4.80. The smallest absolute Gasteiger partial charge is 0.288 e. The molecule has 0 spiro atoms. The van der Waals surface area contributed by atoms with Gasteiger partial charge in [0.15, 0.2) is 0 Å². The van der Waals surface area contributed by atoms with Crippen molar-refractivity contribution in [2.24, 2.45) is 0 Å². The lowest BCUT2D eigenvalue weighted by molar-refractivity contribution is 0.252. The van der Waals surface area contributed by atoms with E-state index in [0.717, 1.165) is 5.69 Å². The van der Waals surface area contributed by atoms with Gasteiger partial charge in [-0.05, 0) is 48.5 Å². The average molecular weight is 351 g/mol. The van der Waals surface area contributed by atoms with Gasteiger partial charge in [0.05, 0.1) is 6.54 Å². The first kappa shape index (κ1) is 16.4. The Hall–Kier alpha value is -2.48. The summed E-state index contributed by atoms with van der Waals surface area (Å²) < 4.78 is 42.9. The third-order valence-electron chi connectivity index (χ3n) is 3.08. The van der Waals surface area contributed by atoms with Crippen LogP contribution in [0.3, 0.4) is 0 Å². The van der Waals surface area contributed by atoms with Gasteiger partial charge in [0.2, 0.25) is 11.8 Å². The zero-order chi connectivity index (χ0) is 16.9. The molecule has 0 aliphatic rings. The van der Waals surface area contributed by atoms with E-state index in [1.54, 1.807) is 36.4 Å². The van der Waals surface area contributed by atoms with E-state index >= 15 is 0 Å². The maximum atomic E-state index is 12.9. The molecule has 0 radical (unpaired) electrons. The molecular weight excluding hydrogens is 339 g/mol. The first-order valence-corrected chi connectivity index (χ1v) is 7.85. The Kier molecular flexibility index (Phi) is 5.05. The minimum absolute atomic E-state index is 0.287. The molecule has 0 bridgehead atoms. The van der Waals surface area contributed by atoms with E-state index in [0.29, 0.717) is 34.0 Å². The fraction of sp³-hybridized carbons (Fsp3) is 0.125. The minimum atomic E-state index is -2.44. The Labute approximate surface area is 140 Å². The third-order valence-corrected chi connectivity index (χ3v) is 3.80. The van der Waals surface area contributed by atoms with E-state index in [-0.39, 0.29) is 12.4 Å². The fourth-order valence-electron chi connectivity index (χ4n) is 1.97. The first-order valence-electron chi connectivity index (χ1n) is 6.97. The molecular formula is C16H12F3N3OS. The summed E-state index contributed by atoms with van der Waals surface area (Å²) in [6.45, 7) is 0.287. The molecule has 0 unspecified atom stereocenters. The van der Waals surface area contributed by atoms with Gasteiger partial charge >= 0.3 is 0 Å². The number of thioether (sulfide) groups is 1. The monoisotopic (exact) mass is 351 g/mol. The van der Waals surface area contributed by atoms with Crippen molar-refractivity contribution in [3.8, 4) is 11.5 Å². The van der Waals surface area contributed by atoms with Crippen molar-refractivity contribution in [3.05, 3.63) is 60.2 Å². The Morgan fingerprint density at radius 3 is 2.38 bits per heavy atom. The second kappa shape index (κ2) is 7.39. The van der Waals surface area contributed by atoms with Crippen LogP contribution in [0.1, 0.15) is 5.89 Å². The first-order chi connectivity index (χ1) is 11.6. The van der Waals surface area contributed by atoms with Gasteiger partial charge in [-0.1, -0.05) is 11.8 Å². The molecule has 124 valence electrons. The molecule has 1 N–H and O–H groups in total. The number of aromatic nitrogens is 2. The second-order valence-electron chi connectivity index (χ2n) is 4.76. The topological polar surface area (TPSA) is 51.0 Å². The van der Waals surface area contributed by atoms with Gasteiger partial charge in [0.1, 0.15) is 5.82 Å². The molecule has 0 saturated carbocycles. The molecule has 1 heterocycles. The third kappa shape index (κ3) is 4.29. The van der Waals surface area contributed by atoms with Gasteiger partial charge in [-0.3, -0.25) is 0 Å². The number of hydrogen-bond acceptors (Lipinski definition) is 5. The van der Waals surface area contributed by atoms with Crippen molar-refractivity contribution in [1.29, 1.82) is 0 Å². The van der Waals surface area contributed by atoms with Crippen molar-refractivity contribution in [3.63, 3.8) is 0 Å². The van der Waals surface area contributed by atoms with E-state index in [1.807, 2.05) is 0 Å². The maximum absolute atomic E-state index is 12.9. The van der Waals surface area contributed by atoms with Crippen LogP contribution in [0.5, 0.6) is 0 Å². The van der Waals surface area contributed by atoms with E-state index in [4.69, 9.17) is 4.42 Å². The molecule has 0 atom stereocenters. The molecule has 0 saturated heterocycles. The Morgan fingerprint density at radius 1 is 1.00 bits per heavy atom. The van der Waals surface area contributed by atoms with Crippen molar-refractivity contribution >= 4 is 17.4 Å².